The van der Waals surface area contributed by atoms with Crippen LogP contribution >= 0.6 is 23.2 Å². The Bertz CT molecular complexity index is 1280. The highest BCUT2D eigenvalue weighted by atomic mass is 35.5. The van der Waals surface area contributed by atoms with Crippen LogP contribution in [-0.2, 0) is 11.2 Å². The molecule has 1 saturated heterocycles. The predicted octanol–water partition coefficient (Wildman–Crippen LogP) is 8.34. The number of amides is 1. The number of rotatable bonds is 5. The summed E-state index contributed by atoms with van der Waals surface area (Å²) in [5.41, 5.74) is 1.33. The van der Waals surface area contributed by atoms with Crippen molar-refractivity contribution in [3.63, 3.8) is 0 Å². The van der Waals surface area contributed by atoms with Crippen molar-refractivity contribution in [1.29, 1.82) is 0 Å². The molecule has 1 aliphatic heterocycles. The van der Waals surface area contributed by atoms with E-state index in [1.165, 1.54) is 0 Å². The van der Waals surface area contributed by atoms with Gasteiger partial charge in [0.15, 0.2) is 0 Å². The van der Waals surface area contributed by atoms with Gasteiger partial charge in [-0.3, -0.25) is 0 Å². The van der Waals surface area contributed by atoms with E-state index in [1.54, 1.807) is 4.90 Å². The van der Waals surface area contributed by atoms with E-state index in [2.05, 4.69) is 9.83 Å². The summed E-state index contributed by atoms with van der Waals surface area (Å²) < 4.78 is 11.4. The monoisotopic (exact) mass is 523 g/mol. The normalized spacial score (nSPS) is 15.4. The van der Waals surface area contributed by atoms with Gasteiger partial charge in [-0.15, -0.1) is 0 Å². The molecule has 0 aliphatic carbocycles. The van der Waals surface area contributed by atoms with E-state index in [4.69, 9.17) is 39.2 Å². The van der Waals surface area contributed by atoms with Crippen LogP contribution in [0.2, 0.25) is 10.2 Å². The molecule has 0 saturated carbocycles. The van der Waals surface area contributed by atoms with Crippen LogP contribution in [0.4, 0.5) is 10.5 Å². The highest BCUT2D eigenvalue weighted by molar-refractivity contribution is 6.38. The quantitative estimate of drug-likeness (QED) is 0.249. The maximum absolute atomic E-state index is 12.7. The highest BCUT2D eigenvalue weighted by Gasteiger charge is 2.33. The lowest BCUT2D eigenvalue weighted by molar-refractivity contribution is 0.0226. The van der Waals surface area contributed by atoms with E-state index >= 15 is 0 Å². The van der Waals surface area contributed by atoms with Crippen molar-refractivity contribution in [2.75, 3.05) is 6.54 Å². The molecular formula is C28H27Cl2N3O3. The largest absolute Gasteiger partial charge is 0.457 e. The van der Waals surface area contributed by atoms with Gasteiger partial charge in [-0.2, -0.15) is 0 Å². The number of likely N-dealkylation sites (tertiary alicyclic amines) is 1. The summed E-state index contributed by atoms with van der Waals surface area (Å²) in [6.45, 7) is 13.9. The van der Waals surface area contributed by atoms with Crippen LogP contribution in [-0.4, -0.2) is 34.2 Å². The number of para-hydroxylation sites is 1. The van der Waals surface area contributed by atoms with Gasteiger partial charge in [0.25, 0.3) is 0 Å². The number of halogens is 2. The zero-order valence-electron chi connectivity index (χ0n) is 20.4. The molecule has 1 aromatic heterocycles. The Hall–Kier alpha value is -3.27. The number of aromatic nitrogens is 1. The summed E-state index contributed by atoms with van der Waals surface area (Å²) in [6.07, 6.45) is 1.70. The van der Waals surface area contributed by atoms with Crippen LogP contribution < -0.4 is 4.74 Å². The highest BCUT2D eigenvalue weighted by Crippen LogP contribution is 2.42. The van der Waals surface area contributed by atoms with E-state index < -0.39 is 5.60 Å². The van der Waals surface area contributed by atoms with E-state index in [1.807, 2.05) is 75.4 Å². The molecule has 4 rings (SSSR count). The van der Waals surface area contributed by atoms with E-state index in [9.17, 15) is 4.79 Å². The van der Waals surface area contributed by atoms with Gasteiger partial charge in [0.05, 0.1) is 17.3 Å². The van der Waals surface area contributed by atoms with Crippen LogP contribution in [0, 0.1) is 6.57 Å². The molecule has 8 heteroatoms. The van der Waals surface area contributed by atoms with Gasteiger partial charge < -0.3 is 14.4 Å². The minimum Gasteiger partial charge on any atom is -0.457 e. The van der Waals surface area contributed by atoms with Crippen LogP contribution in [0.25, 0.3) is 16.1 Å². The smallest absolute Gasteiger partial charge is 0.410 e. The molecule has 1 amide bonds. The molecule has 1 unspecified atom stereocenters. The third kappa shape index (κ3) is 5.92. The SMILES string of the molecule is [C-]#[N+]c1c(-c2ccc(Oc3ccccc3)cc2)nc(Cl)c(CC2CCCN2C(=O)OC(C)(C)C)c1Cl. The summed E-state index contributed by atoms with van der Waals surface area (Å²) in [4.78, 5) is 22.6. The zero-order chi connectivity index (χ0) is 25.9. The summed E-state index contributed by atoms with van der Waals surface area (Å²) in [5, 5.41) is 0.490. The minimum atomic E-state index is -0.582. The Morgan fingerprint density at radius 3 is 2.42 bits per heavy atom. The minimum absolute atomic E-state index is 0.129. The van der Waals surface area contributed by atoms with Crippen LogP contribution in [0.1, 0.15) is 39.2 Å². The first kappa shape index (κ1) is 25.8. The molecule has 1 fully saturated rings. The van der Waals surface area contributed by atoms with Crippen molar-refractivity contribution in [3.05, 3.63) is 81.8 Å². The third-order valence-electron chi connectivity index (χ3n) is 5.82. The molecule has 3 aromatic rings. The predicted molar refractivity (Wildman–Crippen MR) is 142 cm³/mol. The Morgan fingerprint density at radius 2 is 1.78 bits per heavy atom. The molecule has 1 aliphatic rings. The first-order chi connectivity index (χ1) is 17.2. The van der Waals surface area contributed by atoms with Gasteiger partial charge in [-0.1, -0.05) is 53.5 Å². The Balaban J connectivity index is 1.58. The topological polar surface area (TPSA) is 56.0 Å². The molecular weight excluding hydrogens is 497 g/mol. The van der Waals surface area contributed by atoms with Gasteiger partial charge in [-0.25, -0.2) is 14.6 Å². The lowest BCUT2D eigenvalue weighted by atomic mass is 10.0. The first-order valence-electron chi connectivity index (χ1n) is 11.7. The average molecular weight is 524 g/mol. The van der Waals surface area contributed by atoms with Gasteiger partial charge in [0, 0.05) is 12.6 Å². The standard InChI is InChI=1S/C28H27Cl2N3O3/c1-28(2,3)36-27(34)33-16-8-9-19(33)17-22-23(29)25(31-4)24(32-26(22)30)18-12-14-21(15-13-18)35-20-10-6-5-7-11-20/h5-7,10-15,19H,8-9,16-17H2,1-3H3. The van der Waals surface area contributed by atoms with Crippen molar-refractivity contribution in [2.24, 2.45) is 0 Å². The number of ether oxygens (including phenoxy) is 2. The fourth-order valence-electron chi connectivity index (χ4n) is 4.18. The summed E-state index contributed by atoms with van der Waals surface area (Å²) in [5.74, 6) is 1.39. The molecule has 2 heterocycles. The van der Waals surface area contributed by atoms with Gasteiger partial charge in [0.2, 0.25) is 5.69 Å². The van der Waals surface area contributed by atoms with Crippen molar-refractivity contribution in [2.45, 2.75) is 51.7 Å². The number of pyridine rings is 1. The number of hydrogen-bond donors (Lipinski definition) is 0. The number of carbonyl (C=O) groups excluding carboxylic acids is 1. The molecule has 36 heavy (non-hydrogen) atoms. The molecule has 0 N–H and O–H groups in total. The third-order valence-corrected chi connectivity index (χ3v) is 6.54. The van der Waals surface area contributed by atoms with Crippen molar-refractivity contribution < 1.29 is 14.3 Å². The van der Waals surface area contributed by atoms with E-state index in [0.717, 1.165) is 18.6 Å². The van der Waals surface area contributed by atoms with Crippen LogP contribution in [0.3, 0.4) is 0 Å². The molecule has 186 valence electrons. The maximum Gasteiger partial charge on any atom is 0.410 e. The van der Waals surface area contributed by atoms with Gasteiger partial charge in [-0.05, 0) is 75.4 Å². The second-order valence-electron chi connectivity index (χ2n) is 9.62. The lowest BCUT2D eigenvalue weighted by Crippen LogP contribution is -2.40. The second-order valence-corrected chi connectivity index (χ2v) is 10.4. The molecule has 0 spiro atoms. The van der Waals surface area contributed by atoms with Crippen LogP contribution in [0.5, 0.6) is 11.5 Å². The first-order valence-corrected chi connectivity index (χ1v) is 12.5. The number of nitrogens with zero attached hydrogens (tertiary/aromatic N) is 3. The fraction of sp³-hybridized carbons (Fsp3) is 0.321. The van der Waals surface area contributed by atoms with Crippen molar-refractivity contribution in [1.82, 2.24) is 9.88 Å². The van der Waals surface area contributed by atoms with Gasteiger partial charge >= 0.3 is 6.09 Å². The number of hydrogen-bond acceptors (Lipinski definition) is 4. The molecule has 0 radical (unpaired) electrons. The van der Waals surface area contributed by atoms with E-state index in [0.29, 0.717) is 35.5 Å². The number of benzene rings is 2. The molecule has 2 aromatic carbocycles. The fourth-order valence-corrected chi connectivity index (χ4v) is 4.79. The van der Waals surface area contributed by atoms with Crippen molar-refractivity contribution >= 4 is 35.0 Å². The summed E-state index contributed by atoms with van der Waals surface area (Å²) in [7, 11) is 0. The van der Waals surface area contributed by atoms with Gasteiger partial charge in [0.1, 0.15) is 22.3 Å². The Labute approximate surface area is 221 Å². The number of carbonyl (C=O) groups is 1. The average Bonchev–Trinajstić information content (AvgIpc) is 3.30. The van der Waals surface area contributed by atoms with Crippen molar-refractivity contribution in [3.8, 4) is 22.8 Å². The van der Waals surface area contributed by atoms with E-state index in [-0.39, 0.29) is 28.0 Å². The second kappa shape index (κ2) is 10.8. The molecule has 1 atom stereocenters. The maximum atomic E-state index is 12.7. The summed E-state index contributed by atoms with van der Waals surface area (Å²) in [6, 6.07) is 16.6. The lowest BCUT2D eigenvalue weighted by Gasteiger charge is -2.29. The Morgan fingerprint density at radius 1 is 1.11 bits per heavy atom. The van der Waals surface area contributed by atoms with Crippen LogP contribution in [0.15, 0.2) is 54.6 Å². The summed E-state index contributed by atoms with van der Waals surface area (Å²) >= 11 is 13.3. The molecule has 6 nitrogen and oxygen atoms in total. The Kier molecular flexibility index (Phi) is 7.73. The molecule has 0 bridgehead atoms. The zero-order valence-corrected chi connectivity index (χ0v) is 21.9.